The van der Waals surface area contributed by atoms with Crippen molar-refractivity contribution in [3.05, 3.63) is 29.3 Å². The van der Waals surface area contributed by atoms with Crippen molar-refractivity contribution in [2.24, 2.45) is 5.73 Å². The van der Waals surface area contributed by atoms with E-state index in [-0.39, 0.29) is 11.6 Å². The van der Waals surface area contributed by atoms with Gasteiger partial charge >= 0.3 is 0 Å². The van der Waals surface area contributed by atoms with Crippen LogP contribution in [0.2, 0.25) is 0 Å². The highest BCUT2D eigenvalue weighted by atomic mass is 16.5. The van der Waals surface area contributed by atoms with Crippen molar-refractivity contribution in [2.75, 3.05) is 13.2 Å². The molecule has 3 rings (SSSR count). The maximum absolute atomic E-state index is 6.35. The molecular weight excluding hydrogens is 226 g/mol. The van der Waals surface area contributed by atoms with Crippen LogP contribution in [0.5, 0.6) is 5.75 Å². The molecule has 0 aliphatic carbocycles. The number of benzene rings is 1. The summed E-state index contributed by atoms with van der Waals surface area (Å²) in [5, 5.41) is 0. The van der Waals surface area contributed by atoms with Crippen LogP contribution in [-0.4, -0.2) is 18.8 Å². The normalized spacial score (nSPS) is 31.6. The summed E-state index contributed by atoms with van der Waals surface area (Å²) in [7, 11) is 0. The van der Waals surface area contributed by atoms with Gasteiger partial charge in [0.1, 0.15) is 11.4 Å². The first kappa shape index (κ1) is 12.0. The highest BCUT2D eigenvalue weighted by Crippen LogP contribution is 2.43. The lowest BCUT2D eigenvalue weighted by Gasteiger charge is -2.40. The van der Waals surface area contributed by atoms with Gasteiger partial charge in [0.25, 0.3) is 0 Å². The van der Waals surface area contributed by atoms with Crippen LogP contribution in [0.3, 0.4) is 0 Å². The van der Waals surface area contributed by atoms with Crippen molar-refractivity contribution in [3.8, 4) is 5.75 Å². The third-order valence-corrected chi connectivity index (χ3v) is 4.11. The first-order valence-electron chi connectivity index (χ1n) is 6.81. The van der Waals surface area contributed by atoms with Crippen molar-refractivity contribution in [2.45, 2.75) is 44.2 Å². The number of hydrogen-bond acceptors (Lipinski definition) is 3. The highest BCUT2D eigenvalue weighted by molar-refractivity contribution is 5.41. The van der Waals surface area contributed by atoms with E-state index in [4.69, 9.17) is 15.2 Å². The van der Waals surface area contributed by atoms with Crippen LogP contribution >= 0.6 is 0 Å². The van der Waals surface area contributed by atoms with E-state index < -0.39 is 0 Å². The summed E-state index contributed by atoms with van der Waals surface area (Å²) in [5.74, 6) is 0.973. The van der Waals surface area contributed by atoms with E-state index in [0.29, 0.717) is 0 Å². The Labute approximate surface area is 108 Å². The summed E-state index contributed by atoms with van der Waals surface area (Å²) in [6, 6.07) is 6.40. The van der Waals surface area contributed by atoms with Gasteiger partial charge in [0.15, 0.2) is 0 Å². The molecule has 1 saturated heterocycles. The number of fused-ring (bicyclic) bond motifs is 1. The molecule has 2 aliphatic rings. The second-order valence-electron chi connectivity index (χ2n) is 5.60. The number of rotatable bonds is 0. The van der Waals surface area contributed by atoms with Gasteiger partial charge in [-0.15, -0.1) is 0 Å². The average Bonchev–Trinajstić information content (AvgIpc) is 2.56. The van der Waals surface area contributed by atoms with E-state index >= 15 is 0 Å². The summed E-state index contributed by atoms with van der Waals surface area (Å²) in [4.78, 5) is 0. The predicted molar refractivity (Wildman–Crippen MR) is 70.8 cm³/mol. The molecule has 2 N–H and O–H groups in total. The maximum atomic E-state index is 6.35. The lowest BCUT2D eigenvalue weighted by Crippen LogP contribution is -2.43. The molecular formula is C15H21NO2. The van der Waals surface area contributed by atoms with Crippen molar-refractivity contribution < 1.29 is 9.47 Å². The van der Waals surface area contributed by atoms with Crippen molar-refractivity contribution >= 4 is 0 Å². The fraction of sp³-hybridized carbons (Fsp3) is 0.600. The van der Waals surface area contributed by atoms with Gasteiger partial charge in [-0.05, 0) is 25.8 Å². The Bertz CT molecular complexity index is 436. The van der Waals surface area contributed by atoms with Gasteiger partial charge in [-0.3, -0.25) is 0 Å². The van der Waals surface area contributed by atoms with E-state index in [2.05, 4.69) is 25.1 Å². The topological polar surface area (TPSA) is 44.5 Å². The fourth-order valence-electron chi connectivity index (χ4n) is 3.12. The third-order valence-electron chi connectivity index (χ3n) is 4.11. The van der Waals surface area contributed by atoms with E-state index in [1.165, 1.54) is 5.56 Å². The van der Waals surface area contributed by atoms with Crippen LogP contribution in [0.1, 0.15) is 42.9 Å². The van der Waals surface area contributed by atoms with Gasteiger partial charge in [0.05, 0.1) is 6.61 Å². The lowest BCUT2D eigenvalue weighted by molar-refractivity contribution is 0.0155. The Morgan fingerprint density at radius 2 is 2.17 bits per heavy atom. The predicted octanol–water partition coefficient (Wildman–Crippen LogP) is 2.72. The number of hydrogen-bond donors (Lipinski definition) is 1. The third kappa shape index (κ3) is 2.13. The quantitative estimate of drug-likeness (QED) is 0.766. The Kier molecular flexibility index (Phi) is 3.04. The molecule has 2 heterocycles. The SMILES string of the molecule is Cc1ccc2c(c1)C(N)CC1(CCCOCC1)O2. The minimum Gasteiger partial charge on any atom is -0.487 e. The van der Waals surface area contributed by atoms with E-state index in [9.17, 15) is 0 Å². The van der Waals surface area contributed by atoms with Crippen LogP contribution in [-0.2, 0) is 4.74 Å². The van der Waals surface area contributed by atoms with Crippen LogP contribution in [0, 0.1) is 6.92 Å². The molecule has 1 spiro atoms. The molecule has 2 aliphatic heterocycles. The Balaban J connectivity index is 1.92. The van der Waals surface area contributed by atoms with Gasteiger partial charge in [-0.1, -0.05) is 17.7 Å². The molecule has 3 heteroatoms. The molecule has 2 unspecified atom stereocenters. The minimum absolute atomic E-state index is 0.0896. The Hall–Kier alpha value is -1.06. The molecule has 0 aromatic heterocycles. The van der Waals surface area contributed by atoms with Gasteiger partial charge in [-0.25, -0.2) is 0 Å². The summed E-state index contributed by atoms with van der Waals surface area (Å²) in [5.41, 5.74) is 8.65. The smallest absolute Gasteiger partial charge is 0.124 e. The summed E-state index contributed by atoms with van der Waals surface area (Å²) in [6.07, 6.45) is 3.97. The van der Waals surface area contributed by atoms with Crippen LogP contribution < -0.4 is 10.5 Å². The second kappa shape index (κ2) is 4.56. The molecule has 1 aromatic carbocycles. The molecule has 2 atom stereocenters. The number of aryl methyl sites for hydroxylation is 1. The summed E-state index contributed by atoms with van der Waals surface area (Å²) >= 11 is 0. The standard InChI is InChI=1S/C15H21NO2/c1-11-3-4-14-12(9-11)13(16)10-15(18-14)5-2-7-17-8-6-15/h3-4,9,13H,2,5-8,10,16H2,1H3. The van der Waals surface area contributed by atoms with E-state index in [0.717, 1.165) is 50.2 Å². The van der Waals surface area contributed by atoms with Gasteiger partial charge in [0, 0.05) is 31.1 Å². The monoisotopic (exact) mass is 247 g/mol. The first-order valence-corrected chi connectivity index (χ1v) is 6.81. The Morgan fingerprint density at radius 3 is 3.06 bits per heavy atom. The zero-order valence-corrected chi connectivity index (χ0v) is 10.9. The van der Waals surface area contributed by atoms with Crippen molar-refractivity contribution in [1.29, 1.82) is 0 Å². The molecule has 0 radical (unpaired) electrons. The Morgan fingerprint density at radius 1 is 1.28 bits per heavy atom. The molecule has 0 amide bonds. The summed E-state index contributed by atoms with van der Waals surface area (Å²) < 4.78 is 11.8. The van der Waals surface area contributed by atoms with Crippen LogP contribution in [0.25, 0.3) is 0 Å². The first-order chi connectivity index (χ1) is 8.69. The number of ether oxygens (including phenoxy) is 2. The molecule has 1 fully saturated rings. The molecule has 1 aromatic rings. The van der Waals surface area contributed by atoms with Gasteiger partial charge in [-0.2, -0.15) is 0 Å². The molecule has 3 nitrogen and oxygen atoms in total. The molecule has 18 heavy (non-hydrogen) atoms. The minimum atomic E-state index is -0.0990. The van der Waals surface area contributed by atoms with Gasteiger partial charge in [0.2, 0.25) is 0 Å². The molecule has 98 valence electrons. The summed E-state index contributed by atoms with van der Waals surface area (Å²) in [6.45, 7) is 3.73. The van der Waals surface area contributed by atoms with E-state index in [1.807, 2.05) is 0 Å². The van der Waals surface area contributed by atoms with Gasteiger partial charge < -0.3 is 15.2 Å². The molecule has 0 saturated carbocycles. The molecule has 0 bridgehead atoms. The second-order valence-corrected chi connectivity index (χ2v) is 5.60. The fourth-order valence-corrected chi connectivity index (χ4v) is 3.12. The van der Waals surface area contributed by atoms with E-state index in [1.54, 1.807) is 0 Å². The average molecular weight is 247 g/mol. The van der Waals surface area contributed by atoms with Crippen LogP contribution in [0.15, 0.2) is 18.2 Å². The van der Waals surface area contributed by atoms with Crippen LogP contribution in [0.4, 0.5) is 0 Å². The lowest BCUT2D eigenvalue weighted by atomic mass is 9.82. The zero-order chi connectivity index (χ0) is 12.6. The highest BCUT2D eigenvalue weighted by Gasteiger charge is 2.40. The zero-order valence-electron chi connectivity index (χ0n) is 10.9. The maximum Gasteiger partial charge on any atom is 0.124 e. The van der Waals surface area contributed by atoms with Crippen molar-refractivity contribution in [1.82, 2.24) is 0 Å². The van der Waals surface area contributed by atoms with Crippen molar-refractivity contribution in [3.63, 3.8) is 0 Å². The number of nitrogens with two attached hydrogens (primary N) is 1. The largest absolute Gasteiger partial charge is 0.487 e.